The Balaban J connectivity index is 0.000000231. The molecule has 2 atom stereocenters. The first kappa shape index (κ1) is 51.8. The van der Waals surface area contributed by atoms with Gasteiger partial charge in [-0.05, 0) is 153 Å². The molecule has 2 unspecified atom stereocenters. The second-order valence-electron chi connectivity index (χ2n) is 19.7. The van der Waals surface area contributed by atoms with Crippen LogP contribution in [0.2, 0.25) is 0 Å². The molecule has 0 radical (unpaired) electrons. The molecule has 0 bridgehead atoms. The van der Waals surface area contributed by atoms with Crippen molar-refractivity contribution in [1.82, 2.24) is 40.2 Å². The maximum Gasteiger partial charge on any atom is 0.439 e. The van der Waals surface area contributed by atoms with E-state index < -0.39 is 41.4 Å². The summed E-state index contributed by atoms with van der Waals surface area (Å²) in [4.78, 5) is 70.8. The normalized spacial score (nSPS) is 12.4. The van der Waals surface area contributed by atoms with Gasteiger partial charge in [-0.2, -0.15) is 0 Å². The summed E-state index contributed by atoms with van der Waals surface area (Å²) in [6.07, 6.45) is 9.22. The van der Waals surface area contributed by atoms with Crippen LogP contribution < -0.4 is 5.32 Å². The molecule has 70 heavy (non-hydrogen) atoms. The van der Waals surface area contributed by atoms with Gasteiger partial charge in [-0.25, -0.2) is 9.59 Å². The second kappa shape index (κ2) is 23.6. The Morgan fingerprint density at radius 3 is 1.54 bits per heavy atom. The van der Waals surface area contributed by atoms with Gasteiger partial charge in [-0.15, -0.1) is 5.12 Å². The van der Waals surface area contributed by atoms with Crippen LogP contribution in [0.3, 0.4) is 0 Å². The zero-order valence-corrected chi connectivity index (χ0v) is 41.3. The van der Waals surface area contributed by atoms with E-state index in [1.165, 1.54) is 0 Å². The highest BCUT2D eigenvalue weighted by molar-refractivity contribution is 5.87. The van der Waals surface area contributed by atoms with Crippen LogP contribution in [0.4, 0.5) is 14.1 Å². The number of alkyl carbamates (subject to hydrolysis) is 1. The van der Waals surface area contributed by atoms with Crippen molar-refractivity contribution < 1.29 is 33.1 Å². The van der Waals surface area contributed by atoms with Crippen molar-refractivity contribution in [3.8, 4) is 0 Å². The van der Waals surface area contributed by atoms with Crippen molar-refractivity contribution in [3.63, 3.8) is 0 Å². The van der Waals surface area contributed by atoms with E-state index in [0.29, 0.717) is 19.5 Å². The minimum Gasteiger partial charge on any atom is -0.444 e. The fourth-order valence-electron chi connectivity index (χ4n) is 7.79. The van der Waals surface area contributed by atoms with Gasteiger partial charge in [0.2, 0.25) is 11.8 Å². The van der Waals surface area contributed by atoms with Crippen molar-refractivity contribution in [2.45, 2.75) is 118 Å². The molecule has 0 spiro atoms. The van der Waals surface area contributed by atoms with Gasteiger partial charge in [0.1, 0.15) is 17.2 Å². The fourth-order valence-corrected chi connectivity index (χ4v) is 7.79. The highest BCUT2D eigenvalue weighted by atomic mass is 19.2. The largest absolute Gasteiger partial charge is 0.444 e. The van der Waals surface area contributed by atoms with Gasteiger partial charge >= 0.3 is 12.2 Å². The lowest BCUT2D eigenvalue weighted by Crippen LogP contribution is -2.49. The Labute approximate surface area is 409 Å². The Morgan fingerprint density at radius 2 is 1.07 bits per heavy atom. The number of amides is 4. The number of carbonyl (C=O) groups excluding carboxylic acids is 4. The van der Waals surface area contributed by atoms with Crippen LogP contribution in [0.1, 0.15) is 89.6 Å². The summed E-state index contributed by atoms with van der Waals surface area (Å²) in [5.41, 5.74) is 4.93. The maximum absolute atomic E-state index is 15.6. The molecule has 14 nitrogen and oxygen atoms in total. The van der Waals surface area contributed by atoms with E-state index in [1.54, 1.807) is 88.3 Å². The Morgan fingerprint density at radius 1 is 0.600 bits per heavy atom. The summed E-state index contributed by atoms with van der Waals surface area (Å²) in [6, 6.07) is 30.3. The van der Waals surface area contributed by atoms with Gasteiger partial charge in [0.15, 0.2) is 6.04 Å². The average molecular weight is 953 g/mol. The van der Waals surface area contributed by atoms with Crippen LogP contribution in [0, 0.1) is 5.92 Å². The maximum atomic E-state index is 15.6. The molecule has 4 aromatic heterocycles. The van der Waals surface area contributed by atoms with Crippen molar-refractivity contribution in [1.29, 1.82) is 0 Å². The van der Waals surface area contributed by atoms with Crippen LogP contribution >= 0.6 is 0 Å². The summed E-state index contributed by atoms with van der Waals surface area (Å²) in [5, 5.41) is 4.84. The molecule has 0 aliphatic rings. The molecule has 0 aliphatic carbocycles. The van der Waals surface area contributed by atoms with E-state index in [1.807, 2.05) is 111 Å². The van der Waals surface area contributed by atoms with Gasteiger partial charge in [0.05, 0.1) is 0 Å². The summed E-state index contributed by atoms with van der Waals surface area (Å²) in [5.74, 6) is -0.448. The van der Waals surface area contributed by atoms with E-state index in [-0.39, 0.29) is 36.5 Å². The van der Waals surface area contributed by atoms with Crippen molar-refractivity contribution in [3.05, 3.63) is 168 Å². The lowest BCUT2D eigenvalue weighted by atomic mass is 10.0. The molecular weight excluding hydrogens is 888 g/mol. The number of hydrogen-bond donors (Lipinski definition) is 3. The number of ether oxygens (including phenoxy) is 2. The third-order valence-electron chi connectivity index (χ3n) is 10.9. The molecule has 0 fully saturated rings. The standard InChI is InChI=1S/C29H31FN4O3.C26H34N4O3/c1-29(2,3)37-28(36)34(30)26(18-21-7-5-4-6-8-21)27(35)33(19-22-11-14-31-15-12-22)20-23-9-10-25-24(17-23)13-16-32-25;1-18(2)14-23(29-25(32)33-26(3,4)5)24(31)30(16-19-8-11-27-12-9-19)17-20-6-7-22-21(15-20)10-13-28-22/h4-17,26,32H,18-20H2,1-3H3;6-13,15,18,23,28H,14,16-17H2,1-5H3,(H,29,32). The molecule has 3 N–H and O–H groups in total. The number of nitrogens with one attached hydrogen (secondary N) is 3. The number of H-pyrrole nitrogens is 2. The summed E-state index contributed by atoms with van der Waals surface area (Å²) in [6.45, 7) is 15.7. The van der Waals surface area contributed by atoms with Gasteiger partial charge < -0.3 is 34.6 Å². The number of pyridine rings is 2. The molecule has 7 rings (SSSR count). The Hall–Kier alpha value is -7.55. The van der Waals surface area contributed by atoms with Crippen LogP contribution in [-0.4, -0.2) is 82.1 Å². The second-order valence-corrected chi connectivity index (χ2v) is 19.7. The first-order valence-electron chi connectivity index (χ1n) is 23.5. The SMILES string of the molecule is CC(C)(C)OC(=O)N(F)C(Cc1ccccc1)C(=O)N(Cc1ccncc1)Cc1ccc2[nH]ccc2c1.CC(C)CC(NC(=O)OC(C)(C)C)C(=O)N(Cc1ccncc1)Cc1ccc2[nH]ccc2c1. The zero-order chi connectivity index (χ0) is 50.4. The number of benzene rings is 3. The van der Waals surface area contributed by atoms with Gasteiger partial charge in [0.25, 0.3) is 0 Å². The van der Waals surface area contributed by atoms with E-state index in [4.69, 9.17) is 9.47 Å². The van der Waals surface area contributed by atoms with E-state index in [2.05, 4.69) is 31.3 Å². The number of fused-ring (bicyclic) bond motifs is 2. The number of rotatable bonds is 16. The van der Waals surface area contributed by atoms with E-state index in [9.17, 15) is 19.2 Å². The predicted molar refractivity (Wildman–Crippen MR) is 269 cm³/mol. The van der Waals surface area contributed by atoms with Crippen LogP contribution in [-0.2, 0) is 51.7 Å². The lowest BCUT2D eigenvalue weighted by Gasteiger charge is -2.31. The van der Waals surface area contributed by atoms with E-state index in [0.717, 1.165) is 49.6 Å². The number of aromatic amines is 2. The summed E-state index contributed by atoms with van der Waals surface area (Å²) in [7, 11) is 0. The van der Waals surface area contributed by atoms with Crippen molar-refractivity contribution in [2.75, 3.05) is 0 Å². The fraction of sp³-hybridized carbons (Fsp3) is 0.345. The highest BCUT2D eigenvalue weighted by Crippen LogP contribution is 2.23. The molecule has 3 aromatic carbocycles. The van der Waals surface area contributed by atoms with E-state index >= 15 is 4.48 Å². The number of hydrogen-bond acceptors (Lipinski definition) is 8. The molecule has 4 heterocycles. The third kappa shape index (κ3) is 15.8. The first-order chi connectivity index (χ1) is 33.3. The molecule has 368 valence electrons. The molecule has 7 aromatic rings. The molecule has 0 saturated carbocycles. The minimum absolute atomic E-state index is 0.000886. The number of halogens is 1. The van der Waals surface area contributed by atoms with Gasteiger partial charge in [-0.3, -0.25) is 19.6 Å². The molecule has 0 aliphatic heterocycles. The van der Waals surface area contributed by atoms with Gasteiger partial charge in [-0.1, -0.05) is 60.8 Å². The summed E-state index contributed by atoms with van der Waals surface area (Å²) < 4.78 is 26.3. The first-order valence-corrected chi connectivity index (χ1v) is 23.5. The monoisotopic (exact) mass is 953 g/mol. The van der Waals surface area contributed by atoms with Crippen molar-refractivity contribution in [2.24, 2.45) is 5.92 Å². The predicted octanol–water partition coefficient (Wildman–Crippen LogP) is 10.9. The lowest BCUT2D eigenvalue weighted by molar-refractivity contribution is -0.145. The molecule has 4 amide bonds. The Kier molecular flexibility index (Phi) is 17.5. The summed E-state index contributed by atoms with van der Waals surface area (Å²) >= 11 is 0. The molecular formula is C55H65FN8O6. The van der Waals surface area contributed by atoms with Crippen molar-refractivity contribution >= 4 is 45.8 Å². The zero-order valence-electron chi connectivity index (χ0n) is 41.3. The minimum atomic E-state index is -1.41. The third-order valence-corrected chi connectivity index (χ3v) is 10.9. The molecule has 15 heteroatoms. The molecule has 0 saturated heterocycles. The number of aromatic nitrogens is 4. The smallest absolute Gasteiger partial charge is 0.439 e. The topological polar surface area (TPSA) is 166 Å². The number of nitrogens with zero attached hydrogens (tertiary/aromatic N) is 5. The van der Waals surface area contributed by atoms with Gasteiger partial charge in [0, 0.05) is 80.8 Å². The highest BCUT2D eigenvalue weighted by Gasteiger charge is 2.37. The quantitative estimate of drug-likeness (QED) is 0.0805. The van der Waals surface area contributed by atoms with Crippen LogP contribution in [0.5, 0.6) is 0 Å². The van der Waals surface area contributed by atoms with Crippen LogP contribution in [0.15, 0.2) is 140 Å². The Bertz CT molecular complexity index is 2790. The average Bonchev–Trinajstić information content (AvgIpc) is 3.99. The van der Waals surface area contributed by atoms with Crippen LogP contribution in [0.25, 0.3) is 21.8 Å². The number of carbonyl (C=O) groups is 4.